The van der Waals surface area contributed by atoms with Gasteiger partial charge in [0.25, 0.3) is 5.89 Å². The van der Waals surface area contributed by atoms with Gasteiger partial charge in [0.15, 0.2) is 0 Å². The quantitative estimate of drug-likeness (QED) is 0.928. The summed E-state index contributed by atoms with van der Waals surface area (Å²) in [6.45, 7) is 1.77. The molecule has 3 rings (SSSR count). The Labute approximate surface area is 123 Å². The first-order chi connectivity index (χ1) is 10.3. The van der Waals surface area contributed by atoms with Gasteiger partial charge in [-0.1, -0.05) is 5.16 Å². The maximum atomic E-state index is 5.69. The molecule has 0 spiro atoms. The molecule has 1 N–H and O–H groups in total. The molecule has 1 aromatic carbocycles. The van der Waals surface area contributed by atoms with Gasteiger partial charge in [-0.2, -0.15) is 4.98 Å². The second-order valence-electron chi connectivity index (χ2n) is 5.10. The van der Waals surface area contributed by atoms with Gasteiger partial charge in [-0.3, -0.25) is 0 Å². The molecule has 112 valence electrons. The summed E-state index contributed by atoms with van der Waals surface area (Å²) in [5.41, 5.74) is 0.425. The van der Waals surface area contributed by atoms with Crippen LogP contribution < -0.4 is 10.1 Å². The van der Waals surface area contributed by atoms with E-state index in [1.54, 1.807) is 14.2 Å². The highest BCUT2D eigenvalue weighted by molar-refractivity contribution is 5.55. The molecule has 0 bridgehead atoms. The summed E-state index contributed by atoms with van der Waals surface area (Å²) in [6.07, 6.45) is 1.65. The van der Waals surface area contributed by atoms with Crippen molar-refractivity contribution in [3.05, 3.63) is 30.2 Å². The van der Waals surface area contributed by atoms with Crippen molar-refractivity contribution >= 4 is 0 Å². The number of methoxy groups -OCH3 is 2. The van der Waals surface area contributed by atoms with Crippen LogP contribution in [0, 0.1) is 0 Å². The topological polar surface area (TPSA) is 69.4 Å². The van der Waals surface area contributed by atoms with Gasteiger partial charge in [0.1, 0.15) is 11.4 Å². The Hall–Kier alpha value is -1.92. The van der Waals surface area contributed by atoms with Crippen molar-refractivity contribution < 1.29 is 14.0 Å². The number of ether oxygens (including phenoxy) is 2. The number of hydrogen-bond acceptors (Lipinski definition) is 6. The van der Waals surface area contributed by atoms with E-state index < -0.39 is 5.60 Å². The van der Waals surface area contributed by atoms with Crippen LogP contribution in [-0.2, 0) is 10.3 Å². The van der Waals surface area contributed by atoms with Gasteiger partial charge in [0.2, 0.25) is 5.82 Å². The van der Waals surface area contributed by atoms with E-state index in [2.05, 4.69) is 15.5 Å². The Balaban J connectivity index is 1.87. The molecule has 1 fully saturated rings. The molecule has 2 aromatic rings. The lowest BCUT2D eigenvalue weighted by Gasteiger charge is -2.32. The van der Waals surface area contributed by atoms with E-state index in [9.17, 15) is 0 Å². The Morgan fingerprint density at radius 1 is 1.14 bits per heavy atom. The predicted molar refractivity (Wildman–Crippen MR) is 77.1 cm³/mol. The summed E-state index contributed by atoms with van der Waals surface area (Å²) in [5, 5.41) is 7.39. The summed E-state index contributed by atoms with van der Waals surface area (Å²) < 4.78 is 16.3. The Morgan fingerprint density at radius 2 is 1.86 bits per heavy atom. The number of benzene rings is 1. The first-order valence-corrected chi connectivity index (χ1v) is 7.02. The third kappa shape index (κ3) is 2.64. The van der Waals surface area contributed by atoms with E-state index in [0.29, 0.717) is 11.7 Å². The van der Waals surface area contributed by atoms with Crippen LogP contribution in [0.2, 0.25) is 0 Å². The van der Waals surface area contributed by atoms with E-state index in [-0.39, 0.29) is 0 Å². The highest BCUT2D eigenvalue weighted by Crippen LogP contribution is 2.34. The third-order valence-corrected chi connectivity index (χ3v) is 3.97. The van der Waals surface area contributed by atoms with E-state index >= 15 is 0 Å². The van der Waals surface area contributed by atoms with E-state index in [4.69, 9.17) is 14.0 Å². The molecular weight excluding hydrogens is 270 g/mol. The fourth-order valence-corrected chi connectivity index (χ4v) is 2.60. The largest absolute Gasteiger partial charge is 0.497 e. The molecule has 0 amide bonds. The maximum absolute atomic E-state index is 5.69. The average molecular weight is 289 g/mol. The zero-order chi connectivity index (χ0) is 14.7. The van der Waals surface area contributed by atoms with Crippen LogP contribution in [0.3, 0.4) is 0 Å². The molecule has 1 saturated heterocycles. The van der Waals surface area contributed by atoms with Crippen LogP contribution in [0.25, 0.3) is 11.4 Å². The van der Waals surface area contributed by atoms with Gasteiger partial charge < -0.3 is 19.3 Å². The normalized spacial score (nSPS) is 17.6. The molecule has 0 atom stereocenters. The number of piperidine rings is 1. The number of aromatic nitrogens is 2. The molecular formula is C15H19N3O3. The van der Waals surface area contributed by atoms with Gasteiger partial charge in [0.05, 0.1) is 7.11 Å². The van der Waals surface area contributed by atoms with Crippen LogP contribution in [0.4, 0.5) is 0 Å². The highest BCUT2D eigenvalue weighted by Gasteiger charge is 2.39. The van der Waals surface area contributed by atoms with Crippen molar-refractivity contribution in [1.82, 2.24) is 15.5 Å². The van der Waals surface area contributed by atoms with Crippen molar-refractivity contribution in [1.29, 1.82) is 0 Å². The van der Waals surface area contributed by atoms with Gasteiger partial charge in [-0.05, 0) is 50.2 Å². The molecule has 1 aliphatic rings. The molecule has 21 heavy (non-hydrogen) atoms. The monoisotopic (exact) mass is 289 g/mol. The molecule has 0 aliphatic carbocycles. The van der Waals surface area contributed by atoms with E-state index in [1.807, 2.05) is 24.3 Å². The molecule has 6 heteroatoms. The van der Waals surface area contributed by atoms with Gasteiger partial charge in [0, 0.05) is 12.7 Å². The molecule has 0 radical (unpaired) electrons. The molecule has 1 aromatic heterocycles. The fraction of sp³-hybridized carbons (Fsp3) is 0.467. The zero-order valence-corrected chi connectivity index (χ0v) is 12.3. The van der Waals surface area contributed by atoms with Crippen LogP contribution in [0.15, 0.2) is 28.8 Å². The molecule has 0 unspecified atom stereocenters. The Morgan fingerprint density at radius 3 is 2.48 bits per heavy atom. The van der Waals surface area contributed by atoms with Crippen molar-refractivity contribution in [3.63, 3.8) is 0 Å². The molecule has 6 nitrogen and oxygen atoms in total. The molecule has 1 aliphatic heterocycles. The summed E-state index contributed by atoms with van der Waals surface area (Å²) in [4.78, 5) is 4.53. The number of nitrogens with one attached hydrogen (secondary N) is 1. The van der Waals surface area contributed by atoms with Crippen molar-refractivity contribution in [2.75, 3.05) is 27.3 Å². The number of rotatable bonds is 4. The number of nitrogens with zero attached hydrogens (tertiary/aromatic N) is 2. The summed E-state index contributed by atoms with van der Waals surface area (Å²) in [5.74, 6) is 1.93. The summed E-state index contributed by atoms with van der Waals surface area (Å²) in [6, 6.07) is 7.58. The van der Waals surface area contributed by atoms with Gasteiger partial charge in [-0.25, -0.2) is 0 Å². The smallest absolute Gasteiger partial charge is 0.259 e. The lowest BCUT2D eigenvalue weighted by Crippen LogP contribution is -2.41. The number of hydrogen-bond donors (Lipinski definition) is 1. The Bertz CT molecular complexity index is 588. The SMILES string of the molecule is COc1ccc(-c2noc(C3(OC)CCNCC3)n2)cc1. The van der Waals surface area contributed by atoms with Crippen LogP contribution in [0.5, 0.6) is 5.75 Å². The highest BCUT2D eigenvalue weighted by atomic mass is 16.5. The lowest BCUT2D eigenvalue weighted by atomic mass is 9.92. The standard InChI is InChI=1S/C15H19N3O3/c1-19-12-5-3-11(4-6-12)13-17-14(21-18-13)15(20-2)7-9-16-10-8-15/h3-6,16H,7-10H2,1-2H3. The predicted octanol–water partition coefficient (Wildman–Crippen LogP) is 1.97. The van der Waals surface area contributed by atoms with Gasteiger partial charge >= 0.3 is 0 Å². The Kier molecular flexibility index (Phi) is 3.90. The van der Waals surface area contributed by atoms with Gasteiger partial charge in [-0.15, -0.1) is 0 Å². The minimum absolute atomic E-state index is 0.469. The zero-order valence-electron chi connectivity index (χ0n) is 12.3. The molecule has 0 saturated carbocycles. The van der Waals surface area contributed by atoms with Crippen LogP contribution >= 0.6 is 0 Å². The third-order valence-electron chi connectivity index (χ3n) is 3.97. The first kappa shape index (κ1) is 14.0. The first-order valence-electron chi connectivity index (χ1n) is 7.02. The maximum Gasteiger partial charge on any atom is 0.259 e. The van der Waals surface area contributed by atoms with Crippen molar-refractivity contribution in [2.24, 2.45) is 0 Å². The summed E-state index contributed by atoms with van der Waals surface area (Å²) in [7, 11) is 3.34. The minimum Gasteiger partial charge on any atom is -0.497 e. The van der Waals surface area contributed by atoms with Crippen molar-refractivity contribution in [3.8, 4) is 17.1 Å². The minimum atomic E-state index is -0.469. The lowest BCUT2D eigenvalue weighted by molar-refractivity contribution is -0.0622. The summed E-state index contributed by atoms with van der Waals surface area (Å²) >= 11 is 0. The van der Waals surface area contributed by atoms with E-state index in [0.717, 1.165) is 37.2 Å². The second kappa shape index (κ2) is 5.83. The average Bonchev–Trinajstić information content (AvgIpc) is 3.06. The van der Waals surface area contributed by atoms with Crippen LogP contribution in [0.1, 0.15) is 18.7 Å². The van der Waals surface area contributed by atoms with Crippen LogP contribution in [-0.4, -0.2) is 37.4 Å². The van der Waals surface area contributed by atoms with Crippen molar-refractivity contribution in [2.45, 2.75) is 18.4 Å². The van der Waals surface area contributed by atoms with E-state index in [1.165, 1.54) is 0 Å². The second-order valence-corrected chi connectivity index (χ2v) is 5.10. The fourth-order valence-electron chi connectivity index (χ4n) is 2.60. The molecule has 2 heterocycles.